The van der Waals surface area contributed by atoms with Crippen molar-refractivity contribution in [3.05, 3.63) is 84.3 Å². The third-order valence-corrected chi connectivity index (χ3v) is 4.15. The molecule has 1 amide bonds. The minimum atomic E-state index is -0.298. The minimum absolute atomic E-state index is 0.282. The molecule has 2 heterocycles. The normalized spacial score (nSPS) is 10.8. The summed E-state index contributed by atoms with van der Waals surface area (Å²) >= 11 is 0. The van der Waals surface area contributed by atoms with Crippen molar-refractivity contribution in [2.45, 2.75) is 6.54 Å². The molecule has 0 aliphatic heterocycles. The maximum absolute atomic E-state index is 12.6. The molecule has 6 heteroatoms. The number of nitrogens with one attached hydrogen (secondary N) is 1. The number of nitrogens with zero attached hydrogens (tertiary/aromatic N) is 3. The number of carbonyl (C=O) groups is 1. The van der Waals surface area contributed by atoms with Crippen LogP contribution < -0.4 is 11.1 Å². The summed E-state index contributed by atoms with van der Waals surface area (Å²) in [6.45, 7) is 0.514. The van der Waals surface area contributed by atoms with Crippen LogP contribution in [0.15, 0.2) is 73.1 Å². The van der Waals surface area contributed by atoms with Crippen molar-refractivity contribution in [3.63, 3.8) is 0 Å². The van der Waals surface area contributed by atoms with E-state index in [1.54, 1.807) is 23.1 Å². The second-order valence-corrected chi connectivity index (χ2v) is 5.95. The number of hydrogen-bond acceptors (Lipinski definition) is 4. The molecule has 6 nitrogen and oxygen atoms in total. The molecule has 0 spiro atoms. The van der Waals surface area contributed by atoms with Crippen LogP contribution in [0.4, 0.5) is 11.5 Å². The lowest BCUT2D eigenvalue weighted by molar-refractivity contribution is 0.102. The van der Waals surface area contributed by atoms with E-state index < -0.39 is 0 Å². The van der Waals surface area contributed by atoms with Crippen LogP contribution in [-0.2, 0) is 6.54 Å². The van der Waals surface area contributed by atoms with Crippen molar-refractivity contribution in [2.75, 3.05) is 11.1 Å². The minimum Gasteiger partial charge on any atom is -0.384 e. The van der Waals surface area contributed by atoms with Crippen LogP contribution in [0.2, 0.25) is 0 Å². The number of fused-ring (bicyclic) bond motifs is 1. The highest BCUT2D eigenvalue weighted by atomic mass is 16.2. The van der Waals surface area contributed by atoms with Crippen LogP contribution in [0.5, 0.6) is 0 Å². The van der Waals surface area contributed by atoms with Gasteiger partial charge in [-0.2, -0.15) is 5.10 Å². The zero-order valence-electron chi connectivity index (χ0n) is 14.0. The van der Waals surface area contributed by atoms with E-state index in [2.05, 4.69) is 15.4 Å². The second kappa shape index (κ2) is 6.68. The molecule has 0 aliphatic carbocycles. The first-order valence-corrected chi connectivity index (χ1v) is 8.22. The maximum atomic E-state index is 12.6. The molecule has 128 valence electrons. The predicted molar refractivity (Wildman–Crippen MR) is 102 cm³/mol. The van der Waals surface area contributed by atoms with Crippen LogP contribution in [0.25, 0.3) is 10.8 Å². The highest BCUT2D eigenvalue weighted by Crippen LogP contribution is 2.23. The van der Waals surface area contributed by atoms with Crippen molar-refractivity contribution in [3.8, 4) is 0 Å². The Labute approximate surface area is 150 Å². The Hall–Kier alpha value is -3.67. The average molecular weight is 343 g/mol. The van der Waals surface area contributed by atoms with Gasteiger partial charge in [0.15, 0.2) is 5.69 Å². The van der Waals surface area contributed by atoms with E-state index in [4.69, 9.17) is 5.73 Å². The molecule has 0 unspecified atom stereocenters. The average Bonchev–Trinajstić information content (AvgIpc) is 3.03. The molecule has 2 aromatic carbocycles. The summed E-state index contributed by atoms with van der Waals surface area (Å²) in [4.78, 5) is 16.7. The molecule has 0 atom stereocenters. The van der Waals surface area contributed by atoms with Crippen molar-refractivity contribution < 1.29 is 4.79 Å². The number of pyridine rings is 1. The van der Waals surface area contributed by atoms with Gasteiger partial charge >= 0.3 is 0 Å². The smallest absolute Gasteiger partial charge is 0.276 e. The fourth-order valence-corrected chi connectivity index (χ4v) is 2.84. The Morgan fingerprint density at radius 2 is 1.92 bits per heavy atom. The highest BCUT2D eigenvalue weighted by Gasteiger charge is 2.14. The SMILES string of the molecule is Nc1cc(C(=O)Nc2cccc3cnccc23)nn1Cc1ccccc1. The first-order chi connectivity index (χ1) is 12.7. The summed E-state index contributed by atoms with van der Waals surface area (Å²) in [5, 5.41) is 9.14. The van der Waals surface area contributed by atoms with Crippen LogP contribution in [0.1, 0.15) is 16.1 Å². The zero-order valence-corrected chi connectivity index (χ0v) is 14.0. The molecule has 0 fully saturated rings. The number of aromatic nitrogens is 3. The van der Waals surface area contributed by atoms with Crippen LogP contribution in [0.3, 0.4) is 0 Å². The van der Waals surface area contributed by atoms with Crippen molar-refractivity contribution >= 4 is 28.2 Å². The number of nitrogens with two attached hydrogens (primary N) is 1. The van der Waals surface area contributed by atoms with Gasteiger partial charge in [-0.3, -0.25) is 9.78 Å². The molecule has 4 rings (SSSR count). The number of rotatable bonds is 4. The summed E-state index contributed by atoms with van der Waals surface area (Å²) in [5.74, 6) is 0.147. The first-order valence-electron chi connectivity index (χ1n) is 8.22. The van der Waals surface area contributed by atoms with Gasteiger partial charge in [0.05, 0.1) is 6.54 Å². The summed E-state index contributed by atoms with van der Waals surface area (Å²) in [5.41, 5.74) is 8.08. The lowest BCUT2D eigenvalue weighted by Gasteiger charge is -2.07. The van der Waals surface area contributed by atoms with Gasteiger partial charge < -0.3 is 11.1 Å². The van der Waals surface area contributed by atoms with Crippen molar-refractivity contribution in [1.82, 2.24) is 14.8 Å². The number of amides is 1. The third kappa shape index (κ3) is 3.12. The largest absolute Gasteiger partial charge is 0.384 e. The monoisotopic (exact) mass is 343 g/mol. The van der Waals surface area contributed by atoms with E-state index in [9.17, 15) is 4.79 Å². The van der Waals surface area contributed by atoms with Gasteiger partial charge in [-0.1, -0.05) is 42.5 Å². The first kappa shape index (κ1) is 15.8. The fourth-order valence-electron chi connectivity index (χ4n) is 2.84. The molecule has 0 aliphatic rings. The molecule has 0 radical (unpaired) electrons. The number of nitrogen functional groups attached to an aromatic ring is 1. The number of anilines is 2. The Morgan fingerprint density at radius 1 is 1.08 bits per heavy atom. The van der Waals surface area contributed by atoms with Gasteiger partial charge in [0.25, 0.3) is 5.91 Å². The Kier molecular flexibility index (Phi) is 4.07. The van der Waals surface area contributed by atoms with Crippen LogP contribution >= 0.6 is 0 Å². The molecular formula is C20H17N5O. The van der Waals surface area contributed by atoms with Gasteiger partial charge in [-0.15, -0.1) is 0 Å². The number of carbonyl (C=O) groups excluding carboxylic acids is 1. The molecular weight excluding hydrogens is 326 g/mol. The van der Waals surface area contributed by atoms with Gasteiger partial charge in [-0.05, 0) is 17.7 Å². The molecule has 0 saturated carbocycles. The van der Waals surface area contributed by atoms with Crippen molar-refractivity contribution in [1.29, 1.82) is 0 Å². The molecule has 26 heavy (non-hydrogen) atoms. The summed E-state index contributed by atoms with van der Waals surface area (Å²) in [6, 6.07) is 19.0. The van der Waals surface area contributed by atoms with E-state index in [0.717, 1.165) is 16.3 Å². The van der Waals surface area contributed by atoms with Gasteiger partial charge in [0.2, 0.25) is 0 Å². The van der Waals surface area contributed by atoms with E-state index in [1.165, 1.54) is 0 Å². The lowest BCUT2D eigenvalue weighted by atomic mass is 10.1. The number of benzene rings is 2. The van der Waals surface area contributed by atoms with Gasteiger partial charge in [0.1, 0.15) is 5.82 Å². The van der Waals surface area contributed by atoms with E-state index in [1.807, 2.05) is 54.6 Å². The zero-order chi connectivity index (χ0) is 17.9. The van der Waals surface area contributed by atoms with Gasteiger partial charge in [0, 0.05) is 34.9 Å². The Balaban J connectivity index is 1.58. The van der Waals surface area contributed by atoms with Crippen LogP contribution in [0, 0.1) is 0 Å². The molecule has 0 bridgehead atoms. The van der Waals surface area contributed by atoms with E-state index in [-0.39, 0.29) is 11.6 Å². The summed E-state index contributed by atoms with van der Waals surface area (Å²) < 4.78 is 1.62. The summed E-state index contributed by atoms with van der Waals surface area (Å²) in [6.07, 6.45) is 3.46. The van der Waals surface area contributed by atoms with Crippen LogP contribution in [-0.4, -0.2) is 20.7 Å². The Bertz CT molecular complexity index is 1070. The second-order valence-electron chi connectivity index (χ2n) is 5.95. The maximum Gasteiger partial charge on any atom is 0.276 e. The quantitative estimate of drug-likeness (QED) is 0.595. The highest BCUT2D eigenvalue weighted by molar-refractivity contribution is 6.08. The molecule has 3 N–H and O–H groups in total. The van der Waals surface area contributed by atoms with Gasteiger partial charge in [-0.25, -0.2) is 4.68 Å². The summed E-state index contributed by atoms with van der Waals surface area (Å²) in [7, 11) is 0. The molecule has 4 aromatic rings. The predicted octanol–water partition coefficient (Wildman–Crippen LogP) is 3.31. The van der Waals surface area contributed by atoms with E-state index in [0.29, 0.717) is 18.1 Å². The van der Waals surface area contributed by atoms with Crippen molar-refractivity contribution in [2.24, 2.45) is 0 Å². The van der Waals surface area contributed by atoms with E-state index >= 15 is 0 Å². The Morgan fingerprint density at radius 3 is 2.77 bits per heavy atom. The molecule has 0 saturated heterocycles. The number of hydrogen-bond donors (Lipinski definition) is 2. The topological polar surface area (TPSA) is 85.8 Å². The lowest BCUT2D eigenvalue weighted by Crippen LogP contribution is -2.14. The molecule has 2 aromatic heterocycles. The fraction of sp³-hybridized carbons (Fsp3) is 0.0500. The standard InChI is InChI=1S/C20H17N5O/c21-19-11-18(24-25(19)13-14-5-2-1-3-6-14)20(26)23-17-8-4-7-15-12-22-10-9-16(15)17/h1-12H,13,21H2,(H,23,26). The third-order valence-electron chi connectivity index (χ3n) is 4.15.